The summed E-state index contributed by atoms with van der Waals surface area (Å²) in [6.07, 6.45) is 16.3. The monoisotopic (exact) mass is 2230 g/mol. The van der Waals surface area contributed by atoms with Gasteiger partial charge in [0.15, 0.2) is 36.3 Å². The van der Waals surface area contributed by atoms with E-state index in [1.54, 1.807) is 112 Å². The lowest BCUT2D eigenvalue weighted by Gasteiger charge is -2.27. The Bertz CT molecular complexity index is 5160. The van der Waals surface area contributed by atoms with Gasteiger partial charge in [-0.25, -0.2) is 38.9 Å². The lowest BCUT2D eigenvalue weighted by Crippen LogP contribution is -2.50. The molecule has 9 N–H and O–H groups in total. The summed E-state index contributed by atoms with van der Waals surface area (Å²) in [6, 6.07) is 13.4. The number of carbonyl (C=O) groups excluding carboxylic acids is 18. The minimum Gasteiger partial charge on any atom is -0.441 e. The molecule has 830 valence electrons. The van der Waals surface area contributed by atoms with Crippen molar-refractivity contribution in [2.75, 3.05) is 160 Å². The van der Waals surface area contributed by atoms with Gasteiger partial charge in [-0.1, -0.05) is 76.3 Å². The highest BCUT2D eigenvalue weighted by atomic mass is 33.1. The fraction of sp³-hybridized carbons (Fsp3) is 0.568. The van der Waals surface area contributed by atoms with E-state index in [9.17, 15) is 95.9 Å². The van der Waals surface area contributed by atoms with E-state index in [0.717, 1.165) is 117 Å². The van der Waals surface area contributed by atoms with Crippen LogP contribution in [0.5, 0.6) is 0 Å². The number of rotatable bonds is 62. The van der Waals surface area contributed by atoms with E-state index in [0.29, 0.717) is 56.9 Å². The fourth-order valence-electron chi connectivity index (χ4n) is 12.6. The van der Waals surface area contributed by atoms with Crippen molar-refractivity contribution in [2.45, 2.75) is 208 Å². The highest BCUT2D eigenvalue weighted by Crippen LogP contribution is 2.33. The Labute approximate surface area is 900 Å². The van der Waals surface area contributed by atoms with E-state index in [2.05, 4.69) is 75.4 Å². The lowest BCUT2D eigenvalue weighted by molar-refractivity contribution is -0.198. The van der Waals surface area contributed by atoms with Crippen molar-refractivity contribution in [1.29, 1.82) is 0 Å². The van der Waals surface area contributed by atoms with Gasteiger partial charge in [-0.05, 0) is 154 Å². The van der Waals surface area contributed by atoms with Gasteiger partial charge >= 0.3 is 29.8 Å². The number of ether oxygens (including phenoxy) is 2. The molecule has 7 heterocycles. The predicted octanol–water partition coefficient (Wildman–Crippen LogP) is 6.52. The zero-order chi connectivity index (χ0) is 113. The first-order valence-corrected chi connectivity index (χ1v) is 55.6. The number of hydrogen-bond donors (Lipinski definition) is 10. The van der Waals surface area contributed by atoms with Crippen LogP contribution in [0.3, 0.4) is 0 Å². The molecule has 0 radical (unpaired) electrons. The number of hydroxylamine groups is 2. The van der Waals surface area contributed by atoms with Crippen molar-refractivity contribution in [2.24, 2.45) is 0 Å². The molecule has 5 aromatic rings. The van der Waals surface area contributed by atoms with Crippen LogP contribution in [0, 0.1) is 13.8 Å². The highest BCUT2D eigenvalue weighted by molar-refractivity contribution is 8.77. The largest absolute Gasteiger partial charge is 0.519 e. The maximum absolute atomic E-state index is 13.2. The molecule has 149 heavy (non-hydrogen) atoms. The number of unbranched alkanes of at least 4 members (excludes halogenated alkanes) is 8. The van der Waals surface area contributed by atoms with Crippen LogP contribution in [0.15, 0.2) is 128 Å². The van der Waals surface area contributed by atoms with Gasteiger partial charge in [0.25, 0.3) is 23.6 Å². The molecule has 0 unspecified atom stereocenters. The molecule has 47 nitrogen and oxygen atoms in total. The van der Waals surface area contributed by atoms with Crippen molar-refractivity contribution < 1.29 is 123 Å². The molecule has 0 spiro atoms. The molecule has 17 amide bonds. The van der Waals surface area contributed by atoms with Gasteiger partial charge in [0, 0.05) is 214 Å². The molecular weight excluding hydrogens is 2080 g/mol. The average molecular weight is 2230 g/mol. The van der Waals surface area contributed by atoms with Gasteiger partial charge in [-0.2, -0.15) is 12.6 Å². The lowest BCUT2D eigenvalue weighted by atomic mass is 10.1. The summed E-state index contributed by atoms with van der Waals surface area (Å²) in [6.45, 7) is 4.57. The van der Waals surface area contributed by atoms with Crippen LogP contribution in [0.25, 0.3) is 0 Å². The Balaban J connectivity index is 0.00000101. The summed E-state index contributed by atoms with van der Waals surface area (Å²) < 4.78 is 39.2. The van der Waals surface area contributed by atoms with Crippen molar-refractivity contribution >= 4 is 184 Å². The van der Waals surface area contributed by atoms with E-state index in [4.69, 9.17) is 34.9 Å². The molecule has 2 aliphatic heterocycles. The summed E-state index contributed by atoms with van der Waals surface area (Å²) in [5, 5.41) is 27.4. The number of aromatic nitrogens is 3. The summed E-state index contributed by atoms with van der Waals surface area (Å²) >= 11 is 4.14. The molecule has 0 saturated carbocycles. The van der Waals surface area contributed by atoms with Gasteiger partial charge in [0.2, 0.25) is 65.0 Å². The molecule has 5 aromatic heterocycles. The molecule has 2 aliphatic rings. The fourth-order valence-corrected chi connectivity index (χ4v) is 18.9. The third kappa shape index (κ3) is 54.4. The number of amides is 17. The second-order valence-corrected chi connectivity index (χ2v) is 40.7. The average Bonchev–Trinajstić information content (AvgIpc) is 1.54. The van der Waals surface area contributed by atoms with Crippen LogP contribution in [0.4, 0.5) is 9.59 Å². The number of hydrogen-bond acceptors (Lipinski definition) is 39. The van der Waals surface area contributed by atoms with E-state index in [1.807, 2.05) is 54.6 Å². The minimum absolute atomic E-state index is 0. The summed E-state index contributed by atoms with van der Waals surface area (Å²) in [7, 11) is 28.4. The van der Waals surface area contributed by atoms with Crippen LogP contribution in [0.2, 0.25) is 0 Å². The number of thiol groups is 1. The molecule has 0 aromatic carbocycles. The van der Waals surface area contributed by atoms with E-state index >= 15 is 0 Å². The first kappa shape index (κ1) is 129. The van der Waals surface area contributed by atoms with Gasteiger partial charge in [0.05, 0.1) is 25.7 Å². The molecule has 0 aliphatic carbocycles. The third-order valence-electron chi connectivity index (χ3n) is 21.8. The normalized spacial score (nSPS) is 12.5. The predicted molar refractivity (Wildman–Crippen MR) is 570 cm³/mol. The van der Waals surface area contributed by atoms with Gasteiger partial charge < -0.3 is 109 Å². The zero-order valence-corrected chi connectivity index (χ0v) is 92.5. The Morgan fingerprint density at radius 2 is 0.738 bits per heavy atom. The van der Waals surface area contributed by atoms with E-state index in [-0.39, 0.29) is 174 Å². The van der Waals surface area contributed by atoms with E-state index in [1.165, 1.54) is 102 Å². The first-order chi connectivity index (χ1) is 72.2. The van der Waals surface area contributed by atoms with Crippen molar-refractivity contribution in [3.63, 3.8) is 0 Å². The van der Waals surface area contributed by atoms with Gasteiger partial charge in [-0.3, -0.25) is 76.8 Å². The molecule has 0 bridgehead atoms. The first-order valence-electron chi connectivity index (χ1n) is 49.0. The van der Waals surface area contributed by atoms with Crippen LogP contribution in [0.1, 0.15) is 169 Å². The third-order valence-corrected chi connectivity index (χ3v) is 29.1. The molecule has 1 saturated heterocycles. The highest BCUT2D eigenvalue weighted by Gasteiger charge is 2.38. The van der Waals surface area contributed by atoms with Crippen LogP contribution in [-0.2, 0) is 104 Å². The molecule has 1 fully saturated rings. The number of carbonyl (C=O) groups is 18. The maximum atomic E-state index is 13.2. The van der Waals surface area contributed by atoms with Gasteiger partial charge in [-0.15, -0.1) is 5.06 Å². The number of pyridine rings is 3. The topological polar surface area (TPSA) is 595 Å². The van der Waals surface area contributed by atoms with Crippen LogP contribution >= 0.6 is 77.4 Å². The number of imide groups is 2. The van der Waals surface area contributed by atoms with Crippen molar-refractivity contribution in [3.05, 3.63) is 130 Å². The van der Waals surface area contributed by atoms with Crippen molar-refractivity contribution in [1.82, 2.24) is 102 Å². The van der Waals surface area contributed by atoms with Crippen LogP contribution < -0.4 is 59.5 Å². The van der Waals surface area contributed by atoms with Crippen molar-refractivity contribution in [3.8, 4) is 0 Å². The Morgan fingerprint density at radius 1 is 0.430 bits per heavy atom. The number of nitrogens with one attached hydrogen (secondary N) is 9. The Morgan fingerprint density at radius 3 is 1.01 bits per heavy atom. The molecule has 4 atom stereocenters. The van der Waals surface area contributed by atoms with Gasteiger partial charge in [0.1, 0.15) is 39.2 Å². The number of aryl methyl sites for hydroxylation is 2. The summed E-state index contributed by atoms with van der Waals surface area (Å²) in [5.41, 5.74) is 0. The Kier molecular flexibility index (Phi) is 66.4. The number of nitrogens with zero attached hydrogens (tertiary/aromatic N) is 11. The minimum atomic E-state index is -1.32. The van der Waals surface area contributed by atoms with E-state index < -0.39 is 84.0 Å². The van der Waals surface area contributed by atoms with Crippen LogP contribution in [-0.4, -0.2) is 345 Å². The molecule has 7 rings (SSSR count). The number of likely N-dealkylation sites (N-methyl/N-ethyl adjacent to an activating group) is 9. The summed E-state index contributed by atoms with van der Waals surface area (Å²) in [5.74, 6) is -4.18. The SMILES string of the molecule is CN1C(=O)C=CC1=O.CNC(=O)C[C@@H](C(=O)NCCN(C)C(=O)OCc1oc(=O)oc1C)N(C)C(=O)CCCCCSSc1ccccn1.CNCCNC(=O)[C@H](CC(=O)NC)N(C)C(=O)CCCCCS.CNCCNC(=O)[C@H](CC(=O)NC)N(C)C(=O)CCCCCSSc1ccccn1.Cc1oc(=O)oc1COC(=O)N(C)CCNC(=O)[C@H](CC(=O)ON1C(=O)CCC1=O)N(C)C(=O)CCCCCSSc1ccccn1.[2H][3H].[3HH]. The summed E-state index contributed by atoms with van der Waals surface area (Å²) in [4.78, 5) is 267. The second-order valence-electron chi connectivity index (χ2n) is 32.9. The maximum Gasteiger partial charge on any atom is 0.519 e. The second kappa shape index (κ2) is 76.5. The molecular formula is C95H146N20O27S7. The molecule has 54 heteroatoms. The zero-order valence-electron chi connectivity index (χ0n) is 88.7. The smallest absolute Gasteiger partial charge is 0.441 e. The quantitative estimate of drug-likeness (QED) is 0.00856. The Hall–Kier alpha value is -12.0. The standard InChI is InChI=1S/C29H37N5O11S2.C26H37N5O8S2.C20H33N5O3S2.C15H30N4O3S.C5H5NO2.2H2/c1-19-21(44-29(41)43-19)18-42-28(40)32(2)15-14-31-27(39)20(17-26(38)45-34-24(36)11-12-25(34)37)33(3)23(35)10-5-4-8-16-46-47-22-9-6-7-13-30-22;1-18-20(39-26(36)38-18)17-37-25(35)30(3)14-13-29-24(34)19(16-21(32)27-2)31(4)23(33)11-6-5-9-15-40-41-22-10-7-8-12-28-22;1-21-12-13-24-20(28)16(15-17(26)22-2)25(3)19(27)10-5-4-8-14-29-30-18-9-6-7-11-23-18;1-16-8-9-18-15(22)12(11-13(20)17-2)19(3)14(21)7-5-4-6-10-23;1-6-4(7)2-3-5(6)8;;/h6-7,9,13,20H,4-5,8,10-12,14-18H2,1-3H3,(H,31,39);7-8,10,12,19H,5-6,9,11,13-17H2,1-4H3,(H,27,32)(H,29,34);6-7,9,11,16,21H,4-5,8,10,12-15H2,1-3H3,(H,22,26)(H,24,28);12,16,23H,4-11H2,1-3H3,(H,17,20)(H,18,22);2-3H,1H3;2*1H/t20-;19-;16-;12-;;;/m0000.../s1/i;;;;;1+2D;1+2.